The number of nitrogens with one attached hydrogen (secondary N) is 1. The van der Waals surface area contributed by atoms with Gasteiger partial charge in [-0.1, -0.05) is 41.9 Å². The molecule has 2 aromatic carbocycles. The normalized spacial score (nSPS) is 20.1. The fraction of sp³-hybridized carbons (Fsp3) is 0.304. The summed E-state index contributed by atoms with van der Waals surface area (Å²) in [4.78, 5) is 18.5. The van der Waals surface area contributed by atoms with Crippen LogP contribution in [-0.4, -0.2) is 40.2 Å². The molecule has 7 heteroatoms. The van der Waals surface area contributed by atoms with Gasteiger partial charge in [-0.2, -0.15) is 0 Å². The van der Waals surface area contributed by atoms with Gasteiger partial charge in [-0.15, -0.1) is 11.3 Å². The predicted molar refractivity (Wildman–Crippen MR) is 124 cm³/mol. The summed E-state index contributed by atoms with van der Waals surface area (Å²) in [6.45, 7) is 6.19. The van der Waals surface area contributed by atoms with E-state index in [4.69, 9.17) is 22.7 Å². The van der Waals surface area contributed by atoms with Crippen molar-refractivity contribution in [1.29, 1.82) is 5.41 Å². The van der Waals surface area contributed by atoms with Gasteiger partial charge in [0.2, 0.25) is 5.91 Å². The first-order valence-corrected chi connectivity index (χ1v) is 11.2. The van der Waals surface area contributed by atoms with Crippen molar-refractivity contribution >= 4 is 44.8 Å². The van der Waals surface area contributed by atoms with Crippen LogP contribution in [0.1, 0.15) is 29.9 Å². The lowest BCUT2D eigenvalue weighted by Crippen LogP contribution is -2.59. The number of benzene rings is 2. The molecular formula is C23H25ClN4OS. The standard InChI is InChI=1S/C23H25ClN4OS/c1-14-11-27(12-16-3-5-17(6-4-16)22(25)26)23(29)15(2)28(14)13-20-9-18-7-8-19(24)10-21(18)30-20/h3-10,14-15H,11-13H2,1-2H3,(H3,25,26)/t14-,15+/m0/s1. The topological polar surface area (TPSA) is 73.4 Å². The molecule has 2 heterocycles. The molecule has 156 valence electrons. The van der Waals surface area contributed by atoms with Crippen molar-refractivity contribution in [2.24, 2.45) is 5.73 Å². The highest BCUT2D eigenvalue weighted by Crippen LogP contribution is 2.31. The highest BCUT2D eigenvalue weighted by Gasteiger charge is 2.36. The molecule has 0 bridgehead atoms. The summed E-state index contributed by atoms with van der Waals surface area (Å²) in [5, 5.41) is 9.45. The minimum absolute atomic E-state index is 0.0528. The van der Waals surface area contributed by atoms with Crippen molar-refractivity contribution in [3.8, 4) is 0 Å². The third-order valence-corrected chi connectivity index (χ3v) is 7.04. The van der Waals surface area contributed by atoms with Crippen molar-refractivity contribution < 1.29 is 4.79 Å². The van der Waals surface area contributed by atoms with E-state index >= 15 is 0 Å². The molecule has 0 unspecified atom stereocenters. The Morgan fingerprint density at radius 2 is 1.90 bits per heavy atom. The summed E-state index contributed by atoms with van der Waals surface area (Å²) in [7, 11) is 0. The number of rotatable bonds is 5. The third-order valence-electron chi connectivity index (χ3n) is 5.73. The van der Waals surface area contributed by atoms with Crippen molar-refractivity contribution in [2.75, 3.05) is 6.54 Å². The number of amides is 1. The van der Waals surface area contributed by atoms with Gasteiger partial charge in [0.15, 0.2) is 0 Å². The van der Waals surface area contributed by atoms with Crippen LogP contribution < -0.4 is 5.73 Å². The van der Waals surface area contributed by atoms with E-state index in [9.17, 15) is 4.79 Å². The summed E-state index contributed by atoms with van der Waals surface area (Å²) in [6, 6.07) is 15.8. The largest absolute Gasteiger partial charge is 0.384 e. The highest BCUT2D eigenvalue weighted by atomic mass is 35.5. The summed E-state index contributed by atoms with van der Waals surface area (Å²) in [5.74, 6) is 0.199. The summed E-state index contributed by atoms with van der Waals surface area (Å²) >= 11 is 7.86. The van der Waals surface area contributed by atoms with Gasteiger partial charge in [-0.25, -0.2) is 0 Å². The highest BCUT2D eigenvalue weighted by molar-refractivity contribution is 7.19. The molecule has 3 N–H and O–H groups in total. The minimum Gasteiger partial charge on any atom is -0.384 e. The summed E-state index contributed by atoms with van der Waals surface area (Å²) in [6.07, 6.45) is 0. The van der Waals surface area contributed by atoms with E-state index in [0.29, 0.717) is 18.7 Å². The molecule has 30 heavy (non-hydrogen) atoms. The van der Waals surface area contributed by atoms with Crippen LogP contribution in [0.5, 0.6) is 0 Å². The lowest BCUT2D eigenvalue weighted by atomic mass is 10.0. The number of nitrogen functional groups attached to an aromatic ring is 1. The van der Waals surface area contributed by atoms with Gasteiger partial charge in [0.1, 0.15) is 5.84 Å². The molecule has 1 saturated heterocycles. The number of thiophene rings is 1. The zero-order valence-corrected chi connectivity index (χ0v) is 18.6. The Hall–Kier alpha value is -2.41. The van der Waals surface area contributed by atoms with Gasteiger partial charge < -0.3 is 10.6 Å². The lowest BCUT2D eigenvalue weighted by molar-refractivity contribution is -0.145. The van der Waals surface area contributed by atoms with Crippen molar-refractivity contribution in [3.63, 3.8) is 0 Å². The zero-order valence-electron chi connectivity index (χ0n) is 17.1. The van der Waals surface area contributed by atoms with Crippen LogP contribution in [0, 0.1) is 5.41 Å². The Morgan fingerprint density at radius 3 is 2.60 bits per heavy atom. The lowest BCUT2D eigenvalue weighted by Gasteiger charge is -2.43. The van der Waals surface area contributed by atoms with Crippen molar-refractivity contribution in [1.82, 2.24) is 9.80 Å². The second-order valence-corrected chi connectivity index (χ2v) is 9.53. The van der Waals surface area contributed by atoms with Gasteiger partial charge in [-0.05, 0) is 43.0 Å². The molecule has 0 saturated carbocycles. The molecule has 1 fully saturated rings. The van der Waals surface area contributed by atoms with Crippen LogP contribution in [-0.2, 0) is 17.9 Å². The van der Waals surface area contributed by atoms with Gasteiger partial charge in [-0.3, -0.25) is 15.1 Å². The fourth-order valence-electron chi connectivity index (χ4n) is 4.06. The number of fused-ring (bicyclic) bond motifs is 1. The summed E-state index contributed by atoms with van der Waals surface area (Å²) < 4.78 is 1.18. The Morgan fingerprint density at radius 1 is 1.17 bits per heavy atom. The molecule has 2 atom stereocenters. The number of hydrogen-bond acceptors (Lipinski definition) is 4. The number of halogens is 1. The van der Waals surface area contributed by atoms with Crippen LogP contribution in [0.3, 0.4) is 0 Å². The molecule has 0 radical (unpaired) electrons. The summed E-state index contributed by atoms with van der Waals surface area (Å²) in [5.41, 5.74) is 7.26. The maximum absolute atomic E-state index is 13.1. The van der Waals surface area contributed by atoms with Gasteiger partial charge >= 0.3 is 0 Å². The van der Waals surface area contributed by atoms with E-state index in [1.165, 1.54) is 15.0 Å². The Balaban J connectivity index is 1.46. The maximum atomic E-state index is 13.1. The Labute approximate surface area is 185 Å². The molecule has 3 aromatic rings. The third kappa shape index (κ3) is 4.21. The fourth-order valence-corrected chi connectivity index (χ4v) is 5.41. The molecule has 1 aliphatic heterocycles. The predicted octanol–water partition coefficient (Wildman–Crippen LogP) is 4.46. The maximum Gasteiger partial charge on any atom is 0.240 e. The van der Waals surface area contributed by atoms with E-state index in [1.807, 2.05) is 54.3 Å². The Kier molecular flexibility index (Phi) is 5.82. The van der Waals surface area contributed by atoms with Crippen LogP contribution in [0.4, 0.5) is 0 Å². The average molecular weight is 441 g/mol. The molecule has 0 aliphatic carbocycles. The number of nitrogens with zero attached hydrogens (tertiary/aromatic N) is 2. The average Bonchev–Trinajstić information content (AvgIpc) is 3.11. The van der Waals surface area contributed by atoms with E-state index in [0.717, 1.165) is 17.1 Å². The number of piperazine rings is 1. The quantitative estimate of drug-likeness (QED) is 0.454. The first-order valence-electron chi connectivity index (χ1n) is 9.97. The smallest absolute Gasteiger partial charge is 0.240 e. The molecule has 1 amide bonds. The molecular weight excluding hydrogens is 416 g/mol. The second kappa shape index (κ2) is 8.38. The number of hydrogen-bond donors (Lipinski definition) is 2. The second-order valence-electron chi connectivity index (χ2n) is 7.92. The van der Waals surface area contributed by atoms with Gasteiger partial charge in [0, 0.05) is 45.8 Å². The molecule has 5 nitrogen and oxygen atoms in total. The van der Waals surface area contributed by atoms with Gasteiger partial charge in [0.05, 0.1) is 6.04 Å². The zero-order chi connectivity index (χ0) is 21.4. The van der Waals surface area contributed by atoms with Crippen LogP contribution in [0.15, 0.2) is 48.5 Å². The number of nitrogens with two attached hydrogens (primary N) is 1. The monoisotopic (exact) mass is 440 g/mol. The van der Waals surface area contributed by atoms with E-state index in [2.05, 4.69) is 17.9 Å². The molecule has 1 aliphatic rings. The van der Waals surface area contributed by atoms with Crippen LogP contribution in [0.2, 0.25) is 5.02 Å². The van der Waals surface area contributed by atoms with Crippen molar-refractivity contribution in [3.05, 3.63) is 69.6 Å². The number of amidine groups is 1. The first kappa shape index (κ1) is 20.8. The Bertz CT molecular complexity index is 1090. The number of carbonyl (C=O) groups excluding carboxylic acids is 1. The molecule has 4 rings (SSSR count). The first-order chi connectivity index (χ1) is 14.3. The van der Waals surface area contributed by atoms with E-state index in [1.54, 1.807) is 11.3 Å². The SMILES string of the molecule is C[C@@H]1C(=O)N(Cc2ccc(C(=N)N)cc2)C[C@H](C)N1Cc1cc2ccc(Cl)cc2s1. The van der Waals surface area contributed by atoms with E-state index < -0.39 is 0 Å². The van der Waals surface area contributed by atoms with Crippen molar-refractivity contribution in [2.45, 2.75) is 39.0 Å². The number of carbonyl (C=O) groups is 1. The molecule has 1 aromatic heterocycles. The van der Waals surface area contributed by atoms with Crippen LogP contribution >= 0.6 is 22.9 Å². The van der Waals surface area contributed by atoms with Crippen LogP contribution in [0.25, 0.3) is 10.1 Å². The molecule has 0 spiro atoms. The van der Waals surface area contributed by atoms with E-state index in [-0.39, 0.29) is 23.8 Å². The minimum atomic E-state index is -0.181. The van der Waals surface area contributed by atoms with Gasteiger partial charge in [0.25, 0.3) is 0 Å².